The molecule has 1 fully saturated rings. The van der Waals surface area contributed by atoms with Crippen LogP contribution >= 0.6 is 21.6 Å². The molecule has 3 aromatic rings. The average molecular weight is 481 g/mol. The van der Waals surface area contributed by atoms with Gasteiger partial charge in [-0.25, -0.2) is 23.4 Å². The summed E-state index contributed by atoms with van der Waals surface area (Å²) in [6.07, 6.45) is -0.201. The van der Waals surface area contributed by atoms with E-state index in [1.54, 1.807) is 31.2 Å². The highest BCUT2D eigenvalue weighted by molar-refractivity contribution is 8.76. The minimum Gasteiger partial charge on any atom is -0.395 e. The molecular weight excluding hydrogens is 454 g/mol. The monoisotopic (exact) mass is 480 g/mol. The van der Waals surface area contributed by atoms with Crippen LogP contribution in [-0.2, 0) is 12.0 Å². The van der Waals surface area contributed by atoms with E-state index in [1.165, 1.54) is 0 Å². The molecule has 1 N–H and O–H groups in total. The summed E-state index contributed by atoms with van der Waals surface area (Å²) < 4.78 is 29.6. The second-order valence-corrected chi connectivity index (χ2v) is 11.3. The Morgan fingerprint density at radius 2 is 1.97 bits per heavy atom. The quantitative estimate of drug-likeness (QED) is 0.399. The van der Waals surface area contributed by atoms with Crippen molar-refractivity contribution in [2.24, 2.45) is 0 Å². The van der Waals surface area contributed by atoms with E-state index < -0.39 is 5.92 Å². The molecule has 4 rings (SSSR count). The molecule has 0 radical (unpaired) electrons. The summed E-state index contributed by atoms with van der Waals surface area (Å²) in [5.41, 5.74) is 1.66. The second-order valence-electron chi connectivity index (χ2n) is 8.80. The molecule has 1 aliphatic rings. The van der Waals surface area contributed by atoms with E-state index >= 15 is 0 Å². The van der Waals surface area contributed by atoms with Gasteiger partial charge in [-0.3, -0.25) is 0 Å². The number of aliphatic hydroxyl groups excluding tert-OH is 1. The first kappa shape index (κ1) is 23.2. The number of halogens is 2. The molecule has 0 saturated carbocycles. The molecule has 11 heteroatoms. The number of aliphatic hydroxyl groups is 1. The molecular formula is C21H26F2N6OS2. The van der Waals surface area contributed by atoms with Gasteiger partial charge >= 0.3 is 0 Å². The lowest BCUT2D eigenvalue weighted by Gasteiger charge is -2.22. The molecule has 0 aliphatic carbocycles. The zero-order valence-electron chi connectivity index (χ0n) is 18.3. The van der Waals surface area contributed by atoms with E-state index in [0.717, 1.165) is 10.5 Å². The summed E-state index contributed by atoms with van der Waals surface area (Å²) >= 11 is 0. The van der Waals surface area contributed by atoms with Crippen molar-refractivity contribution in [3.8, 4) is 0 Å². The fourth-order valence-electron chi connectivity index (χ4n) is 3.44. The summed E-state index contributed by atoms with van der Waals surface area (Å²) in [5, 5.41) is 17.7. The van der Waals surface area contributed by atoms with Crippen molar-refractivity contribution in [1.29, 1.82) is 0 Å². The third kappa shape index (κ3) is 4.99. The molecule has 1 saturated heterocycles. The normalized spacial score (nSPS) is 16.2. The van der Waals surface area contributed by atoms with Gasteiger partial charge in [-0.15, -0.1) is 5.10 Å². The highest BCUT2D eigenvalue weighted by Crippen LogP contribution is 2.36. The predicted molar refractivity (Wildman–Crippen MR) is 125 cm³/mol. The molecule has 0 amide bonds. The predicted octanol–water partition coefficient (Wildman–Crippen LogP) is 4.15. The van der Waals surface area contributed by atoms with Gasteiger partial charge in [0.1, 0.15) is 5.82 Å². The van der Waals surface area contributed by atoms with Gasteiger partial charge < -0.3 is 10.0 Å². The maximum Gasteiger partial charge on any atom is 0.266 e. The molecule has 172 valence electrons. The zero-order chi connectivity index (χ0) is 22.9. The van der Waals surface area contributed by atoms with Crippen molar-refractivity contribution in [1.82, 2.24) is 25.0 Å². The number of hydrogen-bond donors (Lipinski definition) is 1. The lowest BCUT2D eigenvalue weighted by atomic mass is 9.96. The summed E-state index contributed by atoms with van der Waals surface area (Å²) in [6.45, 7) is 6.39. The van der Waals surface area contributed by atoms with E-state index in [-0.39, 0.29) is 31.5 Å². The van der Waals surface area contributed by atoms with Crippen LogP contribution in [0.15, 0.2) is 29.2 Å². The van der Waals surface area contributed by atoms with Gasteiger partial charge in [0, 0.05) is 29.0 Å². The van der Waals surface area contributed by atoms with Gasteiger partial charge in [0.15, 0.2) is 17.0 Å². The SMILES string of the molecule is CC(C)(C)c1nc(N2CCC(F)(F)C2)c2nnn(Cc3ccccc3SSCCO)c2n1. The summed E-state index contributed by atoms with van der Waals surface area (Å²) in [4.78, 5) is 12.0. The first-order valence-corrected chi connectivity index (χ1v) is 12.7. The van der Waals surface area contributed by atoms with Crippen LogP contribution < -0.4 is 4.90 Å². The smallest absolute Gasteiger partial charge is 0.266 e. The van der Waals surface area contributed by atoms with Gasteiger partial charge in [0.05, 0.1) is 19.7 Å². The van der Waals surface area contributed by atoms with E-state index in [9.17, 15) is 8.78 Å². The molecule has 32 heavy (non-hydrogen) atoms. The largest absolute Gasteiger partial charge is 0.395 e. The lowest BCUT2D eigenvalue weighted by Crippen LogP contribution is -2.27. The fraction of sp³-hybridized carbons (Fsp3) is 0.524. The lowest BCUT2D eigenvalue weighted by molar-refractivity contribution is 0.0257. The van der Waals surface area contributed by atoms with E-state index in [1.807, 2.05) is 45.0 Å². The third-order valence-electron chi connectivity index (χ3n) is 5.10. The van der Waals surface area contributed by atoms with Crippen LogP contribution in [-0.4, -0.2) is 61.4 Å². The van der Waals surface area contributed by atoms with Gasteiger partial charge in [-0.2, -0.15) is 0 Å². The number of alkyl halides is 2. The second kappa shape index (κ2) is 9.11. The summed E-state index contributed by atoms with van der Waals surface area (Å²) in [7, 11) is 3.18. The molecule has 7 nitrogen and oxygen atoms in total. The number of rotatable bonds is 7. The Morgan fingerprint density at radius 3 is 2.66 bits per heavy atom. The Balaban J connectivity index is 1.74. The summed E-state index contributed by atoms with van der Waals surface area (Å²) in [6, 6.07) is 7.97. The first-order valence-electron chi connectivity index (χ1n) is 10.4. The average Bonchev–Trinajstić information content (AvgIpc) is 3.31. The number of hydrogen-bond acceptors (Lipinski definition) is 8. The van der Waals surface area contributed by atoms with Gasteiger partial charge in [0.25, 0.3) is 5.92 Å². The van der Waals surface area contributed by atoms with Gasteiger partial charge in [-0.1, -0.05) is 65.8 Å². The Bertz CT molecular complexity index is 1100. The highest BCUT2D eigenvalue weighted by Gasteiger charge is 2.40. The molecule has 0 atom stereocenters. The van der Waals surface area contributed by atoms with Crippen molar-refractivity contribution in [3.05, 3.63) is 35.7 Å². The van der Waals surface area contributed by atoms with Crippen molar-refractivity contribution in [2.45, 2.75) is 50.0 Å². The first-order chi connectivity index (χ1) is 15.2. The molecule has 2 aromatic heterocycles. The topological polar surface area (TPSA) is 80.0 Å². The minimum atomic E-state index is -2.74. The van der Waals surface area contributed by atoms with Crippen LogP contribution in [0.1, 0.15) is 38.6 Å². The fourth-order valence-corrected chi connectivity index (χ4v) is 5.44. The summed E-state index contributed by atoms with van der Waals surface area (Å²) in [5.74, 6) is -1.11. The van der Waals surface area contributed by atoms with Crippen molar-refractivity contribution < 1.29 is 13.9 Å². The molecule has 0 bridgehead atoms. The highest BCUT2D eigenvalue weighted by atomic mass is 33.1. The Labute approximate surface area is 193 Å². The number of aromatic nitrogens is 5. The van der Waals surface area contributed by atoms with Crippen LogP contribution in [0.4, 0.5) is 14.6 Å². The molecule has 1 aromatic carbocycles. The molecule has 1 aliphatic heterocycles. The number of nitrogens with zero attached hydrogens (tertiary/aromatic N) is 6. The molecule has 0 spiro atoms. The van der Waals surface area contributed by atoms with E-state index in [2.05, 4.69) is 15.3 Å². The van der Waals surface area contributed by atoms with Crippen molar-refractivity contribution in [2.75, 3.05) is 30.3 Å². The van der Waals surface area contributed by atoms with Crippen LogP contribution in [0.5, 0.6) is 0 Å². The number of fused-ring (bicyclic) bond motifs is 1. The molecule has 0 unspecified atom stereocenters. The zero-order valence-corrected chi connectivity index (χ0v) is 19.9. The van der Waals surface area contributed by atoms with Crippen molar-refractivity contribution >= 4 is 38.6 Å². The van der Waals surface area contributed by atoms with E-state index in [4.69, 9.17) is 10.1 Å². The number of benzene rings is 1. The number of anilines is 1. The minimum absolute atomic E-state index is 0.123. The van der Waals surface area contributed by atoms with Crippen LogP contribution in [0, 0.1) is 0 Å². The van der Waals surface area contributed by atoms with Gasteiger partial charge in [0.2, 0.25) is 0 Å². The standard InChI is InChI=1S/C21H26F2N6OS2/c1-20(2,3)19-24-17(28-9-8-21(22,23)13-28)16-18(25-19)29(27-26-16)12-14-6-4-5-7-15(14)32-31-11-10-30/h4-7,30H,8-13H2,1-3H3. The van der Waals surface area contributed by atoms with E-state index in [0.29, 0.717) is 35.1 Å². The van der Waals surface area contributed by atoms with Crippen molar-refractivity contribution in [3.63, 3.8) is 0 Å². The Morgan fingerprint density at radius 1 is 1.19 bits per heavy atom. The van der Waals surface area contributed by atoms with Crippen LogP contribution in [0.25, 0.3) is 11.2 Å². The third-order valence-corrected chi connectivity index (χ3v) is 7.54. The maximum absolute atomic E-state index is 13.9. The van der Waals surface area contributed by atoms with Crippen LogP contribution in [0.2, 0.25) is 0 Å². The Hall–Kier alpha value is -1.98. The Kier molecular flexibility index (Phi) is 6.60. The maximum atomic E-state index is 13.9. The van der Waals surface area contributed by atoms with Gasteiger partial charge in [-0.05, 0) is 11.6 Å². The van der Waals surface area contributed by atoms with Crippen LogP contribution in [0.3, 0.4) is 0 Å². The molecule has 3 heterocycles.